The molecule has 2 N–H and O–H groups in total. The van der Waals surface area contributed by atoms with E-state index in [2.05, 4.69) is 30.4 Å². The van der Waals surface area contributed by atoms with Crippen LogP contribution in [0, 0.1) is 25.6 Å². The molecule has 54 heavy (non-hydrogen) atoms. The van der Waals surface area contributed by atoms with Crippen molar-refractivity contribution >= 4 is 5.97 Å². The van der Waals surface area contributed by atoms with Crippen molar-refractivity contribution in [3.05, 3.63) is 114 Å². The summed E-state index contributed by atoms with van der Waals surface area (Å²) in [5.41, 5.74) is 1.02. The fourth-order valence-corrected chi connectivity index (χ4v) is 6.16. The Hall–Kier alpha value is -6.24. The first-order valence-corrected chi connectivity index (χ1v) is 17.0. The molecular formula is C35H40N8O11. The fourth-order valence-electron chi connectivity index (χ4n) is 6.16. The quantitative estimate of drug-likeness (QED) is 0.0701. The number of H-pyrrole nitrogens is 1. The van der Waals surface area contributed by atoms with E-state index in [-0.39, 0.29) is 42.3 Å². The highest BCUT2D eigenvalue weighted by Gasteiger charge is 2.35. The molecule has 5 rings (SSSR count). The number of esters is 1. The molecule has 0 bridgehead atoms. The van der Waals surface area contributed by atoms with Gasteiger partial charge in [-0.15, -0.1) is 20.3 Å². The summed E-state index contributed by atoms with van der Waals surface area (Å²) < 4.78 is 17.8. The van der Waals surface area contributed by atoms with Crippen LogP contribution < -0.4 is 5.82 Å². The molecule has 0 aliphatic heterocycles. The smallest absolute Gasteiger partial charge is 0.453 e. The number of imidazole rings is 1. The lowest BCUT2D eigenvalue weighted by molar-refractivity contribution is -0.765. The van der Waals surface area contributed by atoms with Crippen LogP contribution in [0.4, 0.5) is 0 Å². The van der Waals surface area contributed by atoms with Gasteiger partial charge in [0.15, 0.2) is 30.4 Å². The normalized spacial score (nSPS) is 12.4. The lowest BCUT2D eigenvalue weighted by atomic mass is 9.81. The molecule has 0 amide bonds. The number of aromatic amines is 1. The van der Waals surface area contributed by atoms with Crippen LogP contribution in [0.15, 0.2) is 62.2 Å². The van der Waals surface area contributed by atoms with E-state index in [0.29, 0.717) is 24.5 Å². The Kier molecular flexibility index (Phi) is 11.7. The van der Waals surface area contributed by atoms with E-state index in [1.165, 1.54) is 13.8 Å². The second kappa shape index (κ2) is 16.2. The number of carbonyl (C=O) groups is 1. The summed E-state index contributed by atoms with van der Waals surface area (Å²) in [6, 6.07) is 13.9. The van der Waals surface area contributed by atoms with Crippen molar-refractivity contribution in [3.8, 4) is 22.5 Å². The van der Waals surface area contributed by atoms with Crippen molar-refractivity contribution in [3.63, 3.8) is 0 Å². The minimum atomic E-state index is -1.55. The molecule has 1 atom stereocenters. The number of aliphatic hydroxyl groups is 1. The number of carbonyl (C=O) groups excluding carboxylic acids is 1. The highest BCUT2D eigenvalue weighted by molar-refractivity contribution is 5.89. The summed E-state index contributed by atoms with van der Waals surface area (Å²) >= 11 is 0. The largest absolute Gasteiger partial charge is 0.519 e. The molecule has 2 aromatic carbocycles. The molecule has 0 saturated heterocycles. The number of nitro groups is 1. The van der Waals surface area contributed by atoms with Crippen LogP contribution in [0.2, 0.25) is 0 Å². The average Bonchev–Trinajstić information content (AvgIpc) is 3.85. The summed E-state index contributed by atoms with van der Waals surface area (Å²) in [4.78, 5) is 56.5. The van der Waals surface area contributed by atoms with Gasteiger partial charge in [-0.3, -0.25) is 10.1 Å². The maximum Gasteiger partial charge on any atom is 0.519 e. The number of hydrogen-bond donors (Lipinski definition) is 2. The van der Waals surface area contributed by atoms with Crippen molar-refractivity contribution in [2.45, 2.75) is 85.1 Å². The third kappa shape index (κ3) is 9.40. The maximum atomic E-state index is 13.9. The van der Waals surface area contributed by atoms with Gasteiger partial charge in [-0.25, -0.2) is 14.6 Å². The summed E-state index contributed by atoms with van der Waals surface area (Å²) in [6.07, 6.45) is 0.928. The summed E-state index contributed by atoms with van der Waals surface area (Å²) in [5, 5.41) is 46.6. The van der Waals surface area contributed by atoms with Crippen LogP contribution in [0.3, 0.4) is 0 Å². The lowest BCUT2D eigenvalue weighted by Crippen LogP contribution is -2.33. The second-order valence-corrected chi connectivity index (χ2v) is 14.0. The van der Waals surface area contributed by atoms with E-state index in [0.717, 1.165) is 22.3 Å². The number of ether oxygens (including phenoxy) is 1. The van der Waals surface area contributed by atoms with E-state index in [1.807, 2.05) is 55.5 Å². The van der Waals surface area contributed by atoms with E-state index in [4.69, 9.17) is 13.6 Å². The van der Waals surface area contributed by atoms with E-state index in [9.17, 15) is 34.9 Å². The first kappa shape index (κ1) is 39.0. The summed E-state index contributed by atoms with van der Waals surface area (Å²) in [7, 11) is 0. The standard InChI is InChI=1S/C35H40N8O11/c1-6-9-28-36-30(35(4,5)46)29(41(28)18-21-12-14-22(15-13-21)24-10-7-8-11-25(24)31-37-39-40-38-31)32(44)51-20-27-26(53-33(45)54-27)17-34(2,3)16-23(42(47)48)19-52-43(49)50/h7-8,10-15,23,46H,6,9,16-20H2,1-5H3,(H,37,38,39,40). The van der Waals surface area contributed by atoms with Crippen LogP contribution >= 0.6 is 0 Å². The van der Waals surface area contributed by atoms with Crippen molar-refractivity contribution in [2.75, 3.05) is 6.61 Å². The number of nitrogens with zero attached hydrogens (tertiary/aromatic N) is 7. The molecular weight excluding hydrogens is 708 g/mol. The van der Waals surface area contributed by atoms with Crippen LogP contribution in [0.25, 0.3) is 22.5 Å². The predicted octanol–water partition coefficient (Wildman–Crippen LogP) is 4.67. The Balaban J connectivity index is 1.40. The summed E-state index contributed by atoms with van der Waals surface area (Å²) in [6.45, 7) is 7.14. The topological polar surface area (TPSA) is 258 Å². The third-order valence-electron chi connectivity index (χ3n) is 8.57. The zero-order chi connectivity index (χ0) is 39.2. The summed E-state index contributed by atoms with van der Waals surface area (Å²) in [5.74, 6) is -1.07. The van der Waals surface area contributed by atoms with Crippen LogP contribution in [0.5, 0.6) is 0 Å². The fraction of sp³-hybridized carbons (Fsp3) is 0.429. The highest BCUT2D eigenvalue weighted by Crippen LogP contribution is 2.33. The number of aromatic nitrogens is 6. The molecule has 0 aliphatic carbocycles. The molecule has 0 aliphatic rings. The van der Waals surface area contributed by atoms with Crippen molar-refractivity contribution in [1.29, 1.82) is 0 Å². The third-order valence-corrected chi connectivity index (χ3v) is 8.57. The molecule has 0 spiro atoms. The molecule has 19 heteroatoms. The predicted molar refractivity (Wildman–Crippen MR) is 188 cm³/mol. The van der Waals surface area contributed by atoms with Crippen LogP contribution in [-0.2, 0) is 41.2 Å². The van der Waals surface area contributed by atoms with Gasteiger partial charge in [0, 0.05) is 36.3 Å². The molecule has 19 nitrogen and oxygen atoms in total. The van der Waals surface area contributed by atoms with Gasteiger partial charge in [-0.1, -0.05) is 69.3 Å². The lowest BCUT2D eigenvalue weighted by Gasteiger charge is -2.24. The van der Waals surface area contributed by atoms with Crippen molar-refractivity contribution in [2.24, 2.45) is 5.41 Å². The number of benzene rings is 2. The molecule has 286 valence electrons. The second-order valence-electron chi connectivity index (χ2n) is 14.0. The van der Waals surface area contributed by atoms with Gasteiger partial charge in [0.2, 0.25) is 11.9 Å². The van der Waals surface area contributed by atoms with Crippen molar-refractivity contribution < 1.29 is 38.3 Å². The van der Waals surface area contributed by atoms with Crippen LogP contribution in [-0.4, -0.2) is 63.9 Å². The van der Waals surface area contributed by atoms with Gasteiger partial charge in [-0.05, 0) is 47.6 Å². The Bertz CT molecular complexity index is 2150. The van der Waals surface area contributed by atoms with Gasteiger partial charge >= 0.3 is 11.8 Å². The Morgan fingerprint density at radius 1 is 1.04 bits per heavy atom. The molecule has 3 aromatic heterocycles. The zero-order valence-corrected chi connectivity index (χ0v) is 30.3. The van der Waals surface area contributed by atoms with Gasteiger partial charge in [-0.2, -0.15) is 5.21 Å². The average molecular weight is 749 g/mol. The number of aryl methyl sites for hydroxylation is 1. The van der Waals surface area contributed by atoms with Gasteiger partial charge < -0.3 is 28.1 Å². The van der Waals surface area contributed by atoms with Crippen molar-refractivity contribution in [1.82, 2.24) is 30.2 Å². The minimum Gasteiger partial charge on any atom is -0.453 e. The highest BCUT2D eigenvalue weighted by atomic mass is 17.0. The van der Waals surface area contributed by atoms with Gasteiger partial charge in [0.25, 0.3) is 5.09 Å². The molecule has 0 saturated carbocycles. The number of tetrazole rings is 1. The molecule has 0 fully saturated rings. The Morgan fingerprint density at radius 2 is 1.72 bits per heavy atom. The molecule has 5 aromatic rings. The van der Waals surface area contributed by atoms with Gasteiger partial charge in [0.1, 0.15) is 17.1 Å². The van der Waals surface area contributed by atoms with E-state index < -0.39 is 52.1 Å². The first-order valence-electron chi connectivity index (χ1n) is 17.0. The molecule has 0 radical (unpaired) electrons. The molecule has 3 heterocycles. The van der Waals surface area contributed by atoms with E-state index in [1.54, 1.807) is 18.4 Å². The van der Waals surface area contributed by atoms with E-state index >= 15 is 0 Å². The van der Waals surface area contributed by atoms with Gasteiger partial charge in [0.05, 0.1) is 0 Å². The monoisotopic (exact) mass is 748 g/mol. The Labute approximate surface area is 307 Å². The number of hydrogen-bond acceptors (Lipinski definition) is 15. The zero-order valence-electron chi connectivity index (χ0n) is 30.3. The number of rotatable bonds is 18. The number of nitrogens with one attached hydrogen (secondary N) is 1. The Morgan fingerprint density at radius 3 is 2.33 bits per heavy atom. The SMILES string of the molecule is CCCc1nc(C(C)(C)O)c(C(=O)OCc2oc(=O)oc2CC(C)(C)CC(CO[N+](=O)[O-])[N+](=O)[O-])n1Cc1ccc(-c2ccccc2-c2nn[nH]n2)cc1. The molecule has 1 unspecified atom stereocenters. The maximum absolute atomic E-state index is 13.9. The van der Waals surface area contributed by atoms with Crippen LogP contribution in [0.1, 0.15) is 86.6 Å². The first-order chi connectivity index (χ1) is 25.6. The minimum absolute atomic E-state index is 0.00446.